The van der Waals surface area contributed by atoms with Crippen LogP contribution in [-0.2, 0) is 24.6 Å². The molecule has 0 amide bonds. The van der Waals surface area contributed by atoms with Crippen LogP contribution in [0.2, 0.25) is 0 Å². The van der Waals surface area contributed by atoms with Crippen molar-refractivity contribution in [2.45, 2.75) is 81.7 Å². The Balaban J connectivity index is 0.000000464. The van der Waals surface area contributed by atoms with Crippen molar-refractivity contribution in [1.29, 1.82) is 0 Å². The third-order valence-electron chi connectivity index (χ3n) is 8.66. The topological polar surface area (TPSA) is 117 Å². The van der Waals surface area contributed by atoms with Crippen molar-refractivity contribution in [3.63, 3.8) is 0 Å². The summed E-state index contributed by atoms with van der Waals surface area (Å²) in [5, 5.41) is 0. The molecule has 3 N–H and O–H groups in total. The average Bonchev–Trinajstić information content (AvgIpc) is 3.17. The summed E-state index contributed by atoms with van der Waals surface area (Å²) in [4.78, 5) is 12.3. The molecule has 1 aliphatic heterocycles. The van der Waals surface area contributed by atoms with Gasteiger partial charge in [0.15, 0.2) is 0 Å². The fraction of sp³-hybridized carbons (Fsp3) is 0.769. The van der Waals surface area contributed by atoms with Crippen LogP contribution in [0.15, 0.2) is 24.3 Å². The maximum atomic E-state index is 9.19. The van der Waals surface area contributed by atoms with E-state index < -0.39 is 21.7 Å². The molecular weight excluding hydrogens is 470 g/mol. The molecule has 6 aliphatic rings. The molecule has 8 nitrogen and oxygen atoms in total. The molecule has 5 aliphatic carbocycles. The monoisotopic (exact) mass is 509 g/mol. The molecule has 0 aromatic heterocycles. The van der Waals surface area contributed by atoms with E-state index in [2.05, 4.69) is 24.3 Å². The minimum Gasteiger partial charge on any atom is -0.493 e. The minimum absolute atomic E-state index is 0.455. The Morgan fingerprint density at radius 1 is 1.03 bits per heavy atom. The molecule has 1 saturated heterocycles. The lowest BCUT2D eigenvalue weighted by molar-refractivity contribution is -0.390. The van der Waals surface area contributed by atoms with Gasteiger partial charge in [0.1, 0.15) is 5.75 Å². The maximum absolute atomic E-state index is 9.19. The van der Waals surface area contributed by atoms with E-state index in [-0.39, 0.29) is 0 Å². The van der Waals surface area contributed by atoms with Crippen LogP contribution in [0.4, 0.5) is 0 Å². The SMILES string of the molecule is CS(=O)(=O)O.NCCCOc1ccccc1C1CCC2(CC1)OOC1(O2)C2CC3CC(C2)CC1C3. The van der Waals surface area contributed by atoms with Crippen LogP contribution in [-0.4, -0.2) is 44.0 Å². The van der Waals surface area contributed by atoms with Crippen molar-refractivity contribution >= 4 is 10.1 Å². The molecule has 1 aromatic rings. The first-order valence-electron chi connectivity index (χ1n) is 13.1. The van der Waals surface area contributed by atoms with E-state index >= 15 is 0 Å². The molecule has 0 unspecified atom stereocenters. The quantitative estimate of drug-likeness (QED) is 0.341. The molecule has 9 heteroatoms. The van der Waals surface area contributed by atoms with Gasteiger partial charge in [0, 0.05) is 24.7 Å². The number of hydrogen-bond acceptors (Lipinski definition) is 7. The van der Waals surface area contributed by atoms with Crippen LogP contribution >= 0.6 is 0 Å². The van der Waals surface area contributed by atoms with Gasteiger partial charge in [-0.1, -0.05) is 18.2 Å². The highest BCUT2D eigenvalue weighted by Crippen LogP contribution is 2.64. The van der Waals surface area contributed by atoms with Gasteiger partial charge in [0.05, 0.1) is 12.9 Å². The van der Waals surface area contributed by atoms with Gasteiger partial charge in [-0.25, -0.2) is 0 Å². The van der Waals surface area contributed by atoms with Gasteiger partial charge in [-0.15, -0.1) is 0 Å². The predicted octanol–water partition coefficient (Wildman–Crippen LogP) is 4.40. The standard InChI is InChI=1S/C25H35NO4.CH4O3S/c26-10-3-11-27-23-5-2-1-4-22(23)19-6-8-24(9-7-19)28-25(30-29-24)20-13-17-12-18(15-20)16-21(25)14-17;1-5(2,3)4/h1-2,4-5,17-21H,3,6-16,26H2;1H3,(H,2,3,4). The van der Waals surface area contributed by atoms with Crippen LogP contribution in [0.25, 0.3) is 0 Å². The molecule has 6 fully saturated rings. The molecule has 1 aromatic carbocycles. The Labute approximate surface area is 208 Å². The van der Waals surface area contributed by atoms with Gasteiger partial charge < -0.3 is 15.2 Å². The molecule has 2 spiro atoms. The summed E-state index contributed by atoms with van der Waals surface area (Å²) in [6.07, 6.45) is 12.0. The number of nitrogens with two attached hydrogens (primary N) is 1. The first-order valence-corrected chi connectivity index (χ1v) is 15.0. The Bertz CT molecular complexity index is 953. The molecule has 5 saturated carbocycles. The Morgan fingerprint density at radius 2 is 1.63 bits per heavy atom. The second kappa shape index (κ2) is 9.91. The van der Waals surface area contributed by atoms with Crippen molar-refractivity contribution < 1.29 is 32.2 Å². The second-order valence-corrected chi connectivity index (χ2v) is 12.7. The van der Waals surface area contributed by atoms with Gasteiger partial charge in [-0.2, -0.15) is 18.2 Å². The molecular formula is C26H39NO7S. The third kappa shape index (κ3) is 5.40. The van der Waals surface area contributed by atoms with Gasteiger partial charge in [-0.3, -0.25) is 4.55 Å². The van der Waals surface area contributed by atoms with Gasteiger partial charge >= 0.3 is 0 Å². The minimum atomic E-state index is -3.67. The van der Waals surface area contributed by atoms with Gasteiger partial charge in [0.2, 0.25) is 11.6 Å². The van der Waals surface area contributed by atoms with Crippen LogP contribution in [0.5, 0.6) is 5.75 Å². The summed E-state index contributed by atoms with van der Waals surface area (Å²) in [6.45, 7) is 1.34. The maximum Gasteiger partial charge on any atom is 0.261 e. The van der Waals surface area contributed by atoms with E-state index in [1.807, 2.05) is 0 Å². The van der Waals surface area contributed by atoms with Crippen molar-refractivity contribution in [3.05, 3.63) is 29.8 Å². The molecule has 4 bridgehead atoms. The summed E-state index contributed by atoms with van der Waals surface area (Å²) in [7, 11) is -3.67. The van der Waals surface area contributed by atoms with Crippen molar-refractivity contribution in [1.82, 2.24) is 0 Å². The van der Waals surface area contributed by atoms with Crippen LogP contribution in [0, 0.1) is 23.7 Å². The third-order valence-corrected chi connectivity index (χ3v) is 8.66. The first-order chi connectivity index (χ1) is 16.7. The smallest absolute Gasteiger partial charge is 0.261 e. The van der Waals surface area contributed by atoms with E-state index in [0.717, 1.165) is 49.7 Å². The summed E-state index contributed by atoms with van der Waals surface area (Å²) >= 11 is 0. The normalized spacial score (nSPS) is 39.6. The zero-order valence-corrected chi connectivity index (χ0v) is 21.4. The molecule has 35 heavy (non-hydrogen) atoms. The number of rotatable bonds is 5. The van der Waals surface area contributed by atoms with Gasteiger partial charge in [-0.05, 0) is 87.3 Å². The highest BCUT2D eigenvalue weighted by Gasteiger charge is 2.66. The summed E-state index contributed by atoms with van der Waals surface area (Å²) in [6, 6.07) is 8.47. The number of ether oxygens (including phenoxy) is 2. The summed E-state index contributed by atoms with van der Waals surface area (Å²) < 4.78 is 38.8. The van der Waals surface area contributed by atoms with Crippen molar-refractivity contribution in [3.8, 4) is 5.75 Å². The first kappa shape index (κ1) is 25.4. The fourth-order valence-corrected chi connectivity index (χ4v) is 7.38. The van der Waals surface area contributed by atoms with Crippen LogP contribution in [0.1, 0.15) is 75.7 Å². The lowest BCUT2D eigenvalue weighted by Gasteiger charge is -2.57. The van der Waals surface area contributed by atoms with Crippen molar-refractivity contribution in [2.24, 2.45) is 29.4 Å². The Morgan fingerprint density at radius 3 is 2.23 bits per heavy atom. The lowest BCUT2D eigenvalue weighted by Crippen LogP contribution is -2.59. The highest BCUT2D eigenvalue weighted by molar-refractivity contribution is 7.85. The number of benzene rings is 1. The Hall–Kier alpha value is -1.23. The van der Waals surface area contributed by atoms with Crippen molar-refractivity contribution in [2.75, 3.05) is 19.4 Å². The summed E-state index contributed by atoms with van der Waals surface area (Å²) in [5.41, 5.74) is 6.94. The summed E-state index contributed by atoms with van der Waals surface area (Å²) in [5.74, 6) is 3.35. The molecule has 0 atom stereocenters. The number of para-hydroxylation sites is 1. The number of hydrogen-bond donors (Lipinski definition) is 2. The fourth-order valence-electron chi connectivity index (χ4n) is 7.38. The highest BCUT2D eigenvalue weighted by atomic mass is 32.2. The van der Waals surface area contributed by atoms with E-state index in [0.29, 0.717) is 37.2 Å². The zero-order valence-electron chi connectivity index (χ0n) is 20.6. The predicted molar refractivity (Wildman–Crippen MR) is 130 cm³/mol. The second-order valence-electron chi connectivity index (χ2n) is 11.2. The van der Waals surface area contributed by atoms with E-state index in [9.17, 15) is 8.42 Å². The lowest BCUT2D eigenvalue weighted by atomic mass is 9.53. The van der Waals surface area contributed by atoms with E-state index in [1.165, 1.54) is 37.7 Å². The molecule has 1 heterocycles. The average molecular weight is 510 g/mol. The molecule has 0 radical (unpaired) electrons. The molecule has 196 valence electrons. The Kier molecular flexibility index (Phi) is 7.20. The van der Waals surface area contributed by atoms with Crippen LogP contribution < -0.4 is 10.5 Å². The van der Waals surface area contributed by atoms with E-state index in [1.54, 1.807) is 0 Å². The molecule has 7 rings (SSSR count). The zero-order chi connectivity index (χ0) is 24.7. The largest absolute Gasteiger partial charge is 0.493 e. The van der Waals surface area contributed by atoms with Gasteiger partial charge in [0.25, 0.3) is 10.1 Å². The van der Waals surface area contributed by atoms with E-state index in [4.69, 9.17) is 29.5 Å². The van der Waals surface area contributed by atoms with Crippen LogP contribution in [0.3, 0.4) is 0 Å².